The molecule has 8 heteroatoms. The van der Waals surface area contributed by atoms with Crippen molar-refractivity contribution in [1.82, 2.24) is 0 Å². The van der Waals surface area contributed by atoms with Crippen LogP contribution in [0.1, 0.15) is 6.42 Å². The number of amidine groups is 1. The van der Waals surface area contributed by atoms with Crippen LogP contribution in [-0.4, -0.2) is 22.6 Å². The van der Waals surface area contributed by atoms with Gasteiger partial charge in [0.1, 0.15) is 11.7 Å². The predicted molar refractivity (Wildman–Crippen MR) is 56.6 cm³/mol. The topological polar surface area (TPSA) is 111 Å². The quantitative estimate of drug-likeness (QED) is 0.266. The molecule has 0 unspecified atom stereocenters. The SMILES string of the molecule is N/C(CCOc1ccc(F)cc1[N+](=O)[O-])=N\O. The molecule has 17 heavy (non-hydrogen) atoms. The van der Waals surface area contributed by atoms with Gasteiger partial charge in [0.2, 0.25) is 0 Å². The molecule has 0 aliphatic rings. The van der Waals surface area contributed by atoms with Gasteiger partial charge in [0.05, 0.1) is 17.6 Å². The van der Waals surface area contributed by atoms with Crippen LogP contribution >= 0.6 is 0 Å². The van der Waals surface area contributed by atoms with E-state index in [2.05, 4.69) is 5.16 Å². The summed E-state index contributed by atoms with van der Waals surface area (Å²) in [7, 11) is 0. The van der Waals surface area contributed by atoms with Crippen molar-refractivity contribution in [2.75, 3.05) is 6.61 Å². The van der Waals surface area contributed by atoms with Crippen LogP contribution in [-0.2, 0) is 0 Å². The molecule has 0 spiro atoms. The molecular weight excluding hydrogens is 233 g/mol. The van der Waals surface area contributed by atoms with Crippen molar-refractivity contribution in [3.63, 3.8) is 0 Å². The minimum absolute atomic E-state index is 0.0115. The zero-order chi connectivity index (χ0) is 12.8. The second kappa shape index (κ2) is 5.64. The highest BCUT2D eigenvalue weighted by Crippen LogP contribution is 2.27. The van der Waals surface area contributed by atoms with Crippen LogP contribution in [0.4, 0.5) is 10.1 Å². The van der Waals surface area contributed by atoms with Crippen molar-refractivity contribution in [3.8, 4) is 5.75 Å². The monoisotopic (exact) mass is 243 g/mol. The van der Waals surface area contributed by atoms with Crippen molar-refractivity contribution in [3.05, 3.63) is 34.1 Å². The van der Waals surface area contributed by atoms with E-state index in [1.165, 1.54) is 0 Å². The summed E-state index contributed by atoms with van der Waals surface area (Å²) in [5, 5.41) is 21.6. The molecule has 0 aliphatic heterocycles. The van der Waals surface area contributed by atoms with E-state index < -0.39 is 16.4 Å². The number of nitro benzene ring substituents is 1. The van der Waals surface area contributed by atoms with Crippen molar-refractivity contribution in [2.45, 2.75) is 6.42 Å². The first kappa shape index (κ1) is 12.7. The van der Waals surface area contributed by atoms with Gasteiger partial charge < -0.3 is 15.7 Å². The molecule has 1 aromatic carbocycles. The van der Waals surface area contributed by atoms with Gasteiger partial charge in [-0.15, -0.1) is 0 Å². The van der Waals surface area contributed by atoms with E-state index in [0.29, 0.717) is 0 Å². The fraction of sp³-hybridized carbons (Fsp3) is 0.222. The summed E-state index contributed by atoms with van der Waals surface area (Å²) in [6.45, 7) is -0.0115. The lowest BCUT2D eigenvalue weighted by Crippen LogP contribution is -2.15. The molecule has 0 saturated heterocycles. The summed E-state index contributed by atoms with van der Waals surface area (Å²) in [6.07, 6.45) is 0.102. The minimum Gasteiger partial charge on any atom is -0.486 e. The lowest BCUT2D eigenvalue weighted by atomic mass is 10.3. The first-order chi connectivity index (χ1) is 8.04. The molecule has 0 bridgehead atoms. The summed E-state index contributed by atoms with van der Waals surface area (Å²) in [5.74, 6) is -0.850. The maximum atomic E-state index is 12.8. The summed E-state index contributed by atoms with van der Waals surface area (Å²) in [5.41, 5.74) is 4.72. The van der Waals surface area contributed by atoms with Gasteiger partial charge in [0.15, 0.2) is 5.75 Å². The van der Waals surface area contributed by atoms with E-state index in [0.717, 1.165) is 18.2 Å². The minimum atomic E-state index is -0.748. The molecule has 0 aromatic heterocycles. The predicted octanol–water partition coefficient (Wildman–Crippen LogP) is 1.25. The molecule has 0 amide bonds. The molecule has 0 heterocycles. The van der Waals surface area contributed by atoms with Gasteiger partial charge in [-0.3, -0.25) is 10.1 Å². The number of ether oxygens (including phenoxy) is 1. The number of oxime groups is 1. The second-order valence-electron chi connectivity index (χ2n) is 3.06. The molecule has 7 nitrogen and oxygen atoms in total. The number of halogens is 1. The number of hydrogen-bond donors (Lipinski definition) is 2. The Balaban J connectivity index is 2.74. The molecule has 3 N–H and O–H groups in total. The molecule has 92 valence electrons. The standard InChI is InChI=1S/C9H10FN3O4/c10-6-1-2-8(7(5-6)13(15)16)17-4-3-9(11)12-14/h1-2,5,14H,3-4H2,(H2,11,12). The van der Waals surface area contributed by atoms with Crippen LogP contribution in [0.5, 0.6) is 5.75 Å². The third-order valence-corrected chi connectivity index (χ3v) is 1.86. The van der Waals surface area contributed by atoms with E-state index in [1.807, 2.05) is 0 Å². The van der Waals surface area contributed by atoms with Crippen molar-refractivity contribution in [1.29, 1.82) is 0 Å². The van der Waals surface area contributed by atoms with Gasteiger partial charge in [-0.2, -0.15) is 0 Å². The second-order valence-corrected chi connectivity index (χ2v) is 3.06. The fourth-order valence-corrected chi connectivity index (χ4v) is 1.07. The van der Waals surface area contributed by atoms with E-state index in [9.17, 15) is 14.5 Å². The highest BCUT2D eigenvalue weighted by molar-refractivity contribution is 5.79. The van der Waals surface area contributed by atoms with E-state index >= 15 is 0 Å². The van der Waals surface area contributed by atoms with Crippen LogP contribution in [0.15, 0.2) is 23.4 Å². The molecule has 1 aromatic rings. The lowest BCUT2D eigenvalue weighted by Gasteiger charge is -2.05. The number of rotatable bonds is 5. The summed E-state index contributed by atoms with van der Waals surface area (Å²) < 4.78 is 17.8. The van der Waals surface area contributed by atoms with Gasteiger partial charge in [0, 0.05) is 6.42 Å². The van der Waals surface area contributed by atoms with Crippen LogP contribution in [0.2, 0.25) is 0 Å². The number of nitrogens with two attached hydrogens (primary N) is 1. The normalized spacial score (nSPS) is 11.2. The fourth-order valence-electron chi connectivity index (χ4n) is 1.07. The van der Waals surface area contributed by atoms with Crippen molar-refractivity contribution >= 4 is 11.5 Å². The summed E-state index contributed by atoms with van der Waals surface area (Å²) >= 11 is 0. The smallest absolute Gasteiger partial charge is 0.313 e. The first-order valence-electron chi connectivity index (χ1n) is 4.57. The molecule has 0 aliphatic carbocycles. The molecule has 0 atom stereocenters. The number of hydrogen-bond acceptors (Lipinski definition) is 5. The maximum absolute atomic E-state index is 12.8. The van der Waals surface area contributed by atoms with E-state index in [1.54, 1.807) is 0 Å². The van der Waals surface area contributed by atoms with Gasteiger partial charge in [0.25, 0.3) is 0 Å². The number of benzene rings is 1. The first-order valence-corrected chi connectivity index (χ1v) is 4.57. The number of nitro groups is 1. The van der Waals surface area contributed by atoms with Crippen LogP contribution in [0, 0.1) is 15.9 Å². The zero-order valence-corrected chi connectivity index (χ0v) is 8.67. The highest BCUT2D eigenvalue weighted by Gasteiger charge is 2.16. The zero-order valence-electron chi connectivity index (χ0n) is 8.67. The van der Waals surface area contributed by atoms with Crippen LogP contribution in [0.25, 0.3) is 0 Å². The highest BCUT2D eigenvalue weighted by atomic mass is 19.1. The van der Waals surface area contributed by atoms with Gasteiger partial charge in [-0.25, -0.2) is 4.39 Å². The average Bonchev–Trinajstić information content (AvgIpc) is 2.30. The Hall–Kier alpha value is -2.38. The largest absolute Gasteiger partial charge is 0.486 e. The molecular formula is C9H10FN3O4. The Bertz CT molecular complexity index is 450. The van der Waals surface area contributed by atoms with Crippen molar-refractivity contribution < 1.29 is 19.3 Å². The van der Waals surface area contributed by atoms with E-state index in [4.69, 9.17) is 15.7 Å². The third-order valence-electron chi connectivity index (χ3n) is 1.86. The Labute approximate surface area is 95.4 Å². The molecule has 0 fully saturated rings. The Morgan fingerprint density at radius 1 is 1.65 bits per heavy atom. The van der Waals surface area contributed by atoms with Crippen LogP contribution in [0.3, 0.4) is 0 Å². The lowest BCUT2D eigenvalue weighted by molar-refractivity contribution is -0.386. The Morgan fingerprint density at radius 3 is 2.94 bits per heavy atom. The van der Waals surface area contributed by atoms with Gasteiger partial charge in [-0.1, -0.05) is 5.16 Å². The molecule has 0 radical (unpaired) electrons. The third kappa shape index (κ3) is 3.59. The van der Waals surface area contributed by atoms with E-state index in [-0.39, 0.29) is 24.6 Å². The Morgan fingerprint density at radius 2 is 2.35 bits per heavy atom. The Kier molecular flexibility index (Phi) is 4.21. The van der Waals surface area contributed by atoms with Gasteiger partial charge in [-0.05, 0) is 12.1 Å². The summed E-state index contributed by atoms with van der Waals surface area (Å²) in [6, 6.07) is 2.96. The number of nitrogens with zero attached hydrogens (tertiary/aromatic N) is 2. The molecule has 0 saturated carbocycles. The van der Waals surface area contributed by atoms with Gasteiger partial charge >= 0.3 is 5.69 Å². The maximum Gasteiger partial charge on any atom is 0.313 e. The van der Waals surface area contributed by atoms with Crippen LogP contribution < -0.4 is 10.5 Å². The summed E-state index contributed by atoms with van der Waals surface area (Å²) in [4.78, 5) is 9.85. The molecule has 1 rings (SSSR count). The average molecular weight is 243 g/mol. The van der Waals surface area contributed by atoms with Crippen molar-refractivity contribution in [2.24, 2.45) is 10.9 Å².